The molecule has 2 aromatic rings. The number of amides is 1. The van der Waals surface area contributed by atoms with E-state index in [1.165, 1.54) is 12.1 Å². The highest BCUT2D eigenvalue weighted by Gasteiger charge is 2.36. The second-order valence-electron chi connectivity index (χ2n) is 5.26. The molecule has 124 valence electrons. The van der Waals surface area contributed by atoms with Crippen molar-refractivity contribution in [2.75, 3.05) is 18.0 Å². The summed E-state index contributed by atoms with van der Waals surface area (Å²) in [4.78, 5) is 17.1. The fourth-order valence-corrected chi connectivity index (χ4v) is 2.86. The predicted octanol–water partition coefficient (Wildman–Crippen LogP) is 4.09. The Hall–Kier alpha value is -2.34. The van der Waals surface area contributed by atoms with Crippen LogP contribution in [0, 0.1) is 0 Å². The number of hydrogen-bond acceptors (Lipinski definition) is 2. The smallest absolute Gasteiger partial charge is 0.301 e. The highest BCUT2D eigenvalue weighted by atomic mass is 35.5. The van der Waals surface area contributed by atoms with Crippen LogP contribution < -0.4 is 4.90 Å². The summed E-state index contributed by atoms with van der Waals surface area (Å²) in [5, 5.41) is 0.247. The Kier molecular flexibility index (Phi) is 4.32. The fourth-order valence-electron chi connectivity index (χ4n) is 2.60. The molecule has 3 nitrogen and oxygen atoms in total. The van der Waals surface area contributed by atoms with Gasteiger partial charge in [0.05, 0.1) is 16.4 Å². The van der Waals surface area contributed by atoms with Crippen molar-refractivity contribution in [2.45, 2.75) is 6.18 Å². The zero-order valence-electron chi connectivity index (χ0n) is 12.3. The van der Waals surface area contributed by atoms with Crippen molar-refractivity contribution >= 4 is 28.9 Å². The number of carbonyl (C=O) groups excluding carboxylic acids is 1. The summed E-state index contributed by atoms with van der Waals surface area (Å²) in [6, 6.07) is 13.5. The lowest BCUT2D eigenvalue weighted by Crippen LogP contribution is -2.40. The van der Waals surface area contributed by atoms with Crippen molar-refractivity contribution in [2.24, 2.45) is 4.99 Å². The molecule has 0 bridgehead atoms. The van der Waals surface area contributed by atoms with Crippen LogP contribution >= 0.6 is 11.6 Å². The Morgan fingerprint density at radius 2 is 1.79 bits per heavy atom. The zero-order chi connectivity index (χ0) is 17.3. The van der Waals surface area contributed by atoms with Crippen molar-refractivity contribution in [1.29, 1.82) is 0 Å². The molecule has 0 spiro atoms. The highest BCUT2D eigenvalue weighted by Crippen LogP contribution is 2.34. The third-order valence-electron chi connectivity index (χ3n) is 3.58. The van der Waals surface area contributed by atoms with E-state index in [1.807, 2.05) is 6.07 Å². The van der Waals surface area contributed by atoms with E-state index in [-0.39, 0.29) is 17.3 Å². The summed E-state index contributed by atoms with van der Waals surface area (Å²) < 4.78 is 38.7. The molecule has 0 aromatic heterocycles. The molecule has 0 radical (unpaired) electrons. The number of benzene rings is 2. The van der Waals surface area contributed by atoms with Crippen LogP contribution in [0.1, 0.15) is 11.1 Å². The quantitative estimate of drug-likeness (QED) is 0.801. The number of carbonyl (C=O) groups is 1. The molecule has 0 saturated carbocycles. The van der Waals surface area contributed by atoms with Gasteiger partial charge in [-0.2, -0.15) is 13.2 Å². The molecule has 1 aliphatic rings. The molecule has 7 heteroatoms. The number of rotatable bonds is 2. The molecule has 0 atom stereocenters. The van der Waals surface area contributed by atoms with E-state index in [9.17, 15) is 18.0 Å². The van der Waals surface area contributed by atoms with Crippen LogP contribution in [0.2, 0.25) is 5.02 Å². The van der Waals surface area contributed by atoms with Gasteiger partial charge in [-0.05, 0) is 12.1 Å². The average Bonchev–Trinajstić information content (AvgIpc) is 2.66. The molecule has 0 aliphatic carbocycles. The van der Waals surface area contributed by atoms with Gasteiger partial charge in [0.25, 0.3) is 0 Å². The Morgan fingerprint density at radius 3 is 2.46 bits per heavy atom. The van der Waals surface area contributed by atoms with E-state index >= 15 is 0 Å². The molecule has 2 aromatic carbocycles. The molecule has 1 amide bonds. The number of alkyl halides is 3. The standard InChI is InChI=1S/C17H12ClF3N2O/c18-12-7-4-8-13-15(12)16(11-5-2-1-3-6-11)22-9-14(24)23(13)10-17(19,20)21/h1-8H,9-10H2. The third kappa shape index (κ3) is 3.28. The van der Waals surface area contributed by atoms with E-state index < -0.39 is 18.6 Å². The summed E-state index contributed by atoms with van der Waals surface area (Å²) in [5.74, 6) is -0.721. The molecule has 1 aliphatic heterocycles. The van der Waals surface area contributed by atoms with E-state index in [2.05, 4.69) is 4.99 Å². The maximum absolute atomic E-state index is 12.9. The van der Waals surface area contributed by atoms with Gasteiger partial charge in [-0.1, -0.05) is 48.0 Å². The minimum atomic E-state index is -4.52. The summed E-state index contributed by atoms with van der Waals surface area (Å²) in [6.07, 6.45) is -4.52. The molecule has 0 N–H and O–H groups in total. The predicted molar refractivity (Wildman–Crippen MR) is 86.8 cm³/mol. The number of anilines is 1. The monoisotopic (exact) mass is 352 g/mol. The highest BCUT2D eigenvalue weighted by molar-refractivity contribution is 6.37. The van der Waals surface area contributed by atoms with Crippen molar-refractivity contribution in [1.82, 2.24) is 0 Å². The first-order chi connectivity index (χ1) is 11.4. The third-order valence-corrected chi connectivity index (χ3v) is 3.89. The van der Waals surface area contributed by atoms with Crippen LogP contribution in [0.5, 0.6) is 0 Å². The maximum Gasteiger partial charge on any atom is 0.406 e. The Balaban J connectivity index is 2.18. The minimum Gasteiger partial charge on any atom is -0.301 e. The van der Waals surface area contributed by atoms with Gasteiger partial charge in [-0.25, -0.2) is 0 Å². The van der Waals surface area contributed by atoms with Crippen LogP contribution in [-0.2, 0) is 4.79 Å². The Morgan fingerprint density at radius 1 is 1.08 bits per heavy atom. The van der Waals surface area contributed by atoms with Crippen molar-refractivity contribution in [3.63, 3.8) is 0 Å². The first kappa shape index (κ1) is 16.5. The summed E-state index contributed by atoms with van der Waals surface area (Å²) in [6.45, 7) is -1.75. The van der Waals surface area contributed by atoms with Gasteiger partial charge >= 0.3 is 6.18 Å². The molecular weight excluding hydrogens is 341 g/mol. The van der Waals surface area contributed by atoms with Gasteiger partial charge in [0, 0.05) is 11.1 Å². The van der Waals surface area contributed by atoms with E-state index in [0.29, 0.717) is 21.7 Å². The SMILES string of the molecule is O=C1CN=C(c2ccccc2)c2c(Cl)cccc2N1CC(F)(F)F. The van der Waals surface area contributed by atoms with Crippen molar-refractivity contribution < 1.29 is 18.0 Å². The normalized spacial score (nSPS) is 14.9. The van der Waals surface area contributed by atoms with Gasteiger partial charge in [0.15, 0.2) is 0 Å². The molecule has 3 rings (SSSR count). The van der Waals surface area contributed by atoms with Gasteiger partial charge in [-0.3, -0.25) is 9.79 Å². The zero-order valence-corrected chi connectivity index (χ0v) is 13.1. The van der Waals surface area contributed by atoms with Crippen molar-refractivity contribution in [3.8, 4) is 0 Å². The van der Waals surface area contributed by atoms with Gasteiger partial charge < -0.3 is 4.90 Å². The average molecular weight is 353 g/mol. The Labute approximate surface area is 141 Å². The first-order valence-electron chi connectivity index (χ1n) is 7.13. The van der Waals surface area contributed by atoms with Crippen LogP contribution in [0.4, 0.5) is 18.9 Å². The molecule has 0 unspecified atom stereocenters. The summed E-state index contributed by atoms with van der Waals surface area (Å²) in [5.41, 5.74) is 1.55. The molecule has 1 heterocycles. The molecule has 24 heavy (non-hydrogen) atoms. The molecule has 0 saturated heterocycles. The minimum absolute atomic E-state index is 0.116. The molecular formula is C17H12ClF3N2O. The van der Waals surface area contributed by atoms with Gasteiger partial charge in [-0.15, -0.1) is 0 Å². The van der Waals surface area contributed by atoms with Crippen LogP contribution in [0.3, 0.4) is 0 Å². The lowest BCUT2D eigenvalue weighted by atomic mass is 10.00. The topological polar surface area (TPSA) is 32.7 Å². The first-order valence-corrected chi connectivity index (χ1v) is 7.50. The number of hydrogen-bond donors (Lipinski definition) is 0. The number of fused-ring (bicyclic) bond motifs is 1. The number of halogens is 4. The van der Waals surface area contributed by atoms with E-state index in [4.69, 9.17) is 11.6 Å². The lowest BCUT2D eigenvalue weighted by molar-refractivity contribution is -0.131. The lowest BCUT2D eigenvalue weighted by Gasteiger charge is -2.24. The summed E-state index contributed by atoms with van der Waals surface area (Å²) in [7, 11) is 0. The maximum atomic E-state index is 12.9. The van der Waals surface area contributed by atoms with Crippen LogP contribution in [-0.4, -0.2) is 30.9 Å². The number of nitrogens with zero attached hydrogens (tertiary/aromatic N) is 2. The van der Waals surface area contributed by atoms with Crippen molar-refractivity contribution in [3.05, 3.63) is 64.7 Å². The second-order valence-corrected chi connectivity index (χ2v) is 5.67. The number of aliphatic imine (C=N–C) groups is 1. The van der Waals surface area contributed by atoms with Gasteiger partial charge in [0.1, 0.15) is 13.1 Å². The fraction of sp³-hybridized carbons (Fsp3) is 0.176. The van der Waals surface area contributed by atoms with E-state index in [0.717, 1.165) is 0 Å². The van der Waals surface area contributed by atoms with Crippen LogP contribution in [0.25, 0.3) is 0 Å². The van der Waals surface area contributed by atoms with Gasteiger partial charge in [0.2, 0.25) is 5.91 Å². The van der Waals surface area contributed by atoms with E-state index in [1.54, 1.807) is 30.3 Å². The summed E-state index contributed by atoms with van der Waals surface area (Å²) >= 11 is 6.24. The Bertz CT molecular complexity index is 803. The molecule has 0 fully saturated rings. The second kappa shape index (κ2) is 6.28. The van der Waals surface area contributed by atoms with Crippen LogP contribution in [0.15, 0.2) is 53.5 Å². The largest absolute Gasteiger partial charge is 0.406 e. The number of benzodiazepines with no additional fused rings is 1.